The third kappa shape index (κ3) is 2.13. The van der Waals surface area contributed by atoms with Crippen molar-refractivity contribution >= 4 is 49.1 Å². The summed E-state index contributed by atoms with van der Waals surface area (Å²) < 4.78 is 26.5. The molecular weight excluding hydrogens is 320 g/mol. The first kappa shape index (κ1) is 11.6. The van der Waals surface area contributed by atoms with Gasteiger partial charge in [-0.1, -0.05) is 11.6 Å². The molecule has 2 rings (SSSR count). The highest BCUT2D eigenvalue weighted by Crippen LogP contribution is 2.24. The fraction of sp³-hybridized carbons (Fsp3) is 0.143. The SMILES string of the molecule is CS(=O)(=O)Nc1nnc2c(Br)ccc(Cl)n12. The molecule has 0 fully saturated rings. The maximum absolute atomic E-state index is 11.1. The molecule has 16 heavy (non-hydrogen) atoms. The molecule has 0 amide bonds. The van der Waals surface area contributed by atoms with Crippen molar-refractivity contribution in [3.8, 4) is 0 Å². The second-order valence-corrected chi connectivity index (χ2v) is 6.05. The molecule has 1 N–H and O–H groups in total. The molecule has 0 aliphatic carbocycles. The van der Waals surface area contributed by atoms with Crippen LogP contribution in [0.2, 0.25) is 5.15 Å². The molecule has 0 radical (unpaired) electrons. The predicted molar refractivity (Wildman–Crippen MR) is 64.2 cm³/mol. The van der Waals surface area contributed by atoms with Crippen LogP contribution in [0.5, 0.6) is 0 Å². The van der Waals surface area contributed by atoms with Gasteiger partial charge in [-0.2, -0.15) is 0 Å². The highest BCUT2D eigenvalue weighted by atomic mass is 79.9. The molecule has 2 heterocycles. The van der Waals surface area contributed by atoms with Crippen LogP contribution in [0.1, 0.15) is 0 Å². The van der Waals surface area contributed by atoms with Crippen molar-refractivity contribution in [1.29, 1.82) is 0 Å². The Bertz CT molecular complexity index is 654. The zero-order valence-corrected chi connectivity index (χ0v) is 11.1. The van der Waals surface area contributed by atoms with Crippen LogP contribution >= 0.6 is 27.5 Å². The molecule has 0 saturated heterocycles. The van der Waals surface area contributed by atoms with Crippen LogP contribution in [0, 0.1) is 0 Å². The number of nitrogens with one attached hydrogen (secondary N) is 1. The van der Waals surface area contributed by atoms with E-state index in [9.17, 15) is 8.42 Å². The second kappa shape index (κ2) is 3.86. The van der Waals surface area contributed by atoms with E-state index in [1.54, 1.807) is 12.1 Å². The first-order valence-electron chi connectivity index (χ1n) is 4.05. The standard InChI is InChI=1S/C7H6BrClN4O2S/c1-16(14,15)12-7-11-10-6-4(8)2-3-5(9)13(6)7/h2-3H,1H3,(H,11,12). The number of fused-ring (bicyclic) bond motifs is 1. The molecule has 2 aromatic rings. The van der Waals surface area contributed by atoms with Crippen molar-refractivity contribution in [3.05, 3.63) is 21.8 Å². The molecule has 0 aromatic carbocycles. The van der Waals surface area contributed by atoms with Crippen LogP contribution in [0.15, 0.2) is 16.6 Å². The Balaban J connectivity index is 2.69. The average molecular weight is 326 g/mol. The molecule has 0 bridgehead atoms. The lowest BCUT2D eigenvalue weighted by Gasteiger charge is -2.03. The molecule has 86 valence electrons. The number of hydrogen-bond donors (Lipinski definition) is 1. The lowest BCUT2D eigenvalue weighted by Crippen LogP contribution is -2.12. The molecule has 6 nitrogen and oxygen atoms in total. The fourth-order valence-electron chi connectivity index (χ4n) is 1.16. The number of sulfonamides is 1. The van der Waals surface area contributed by atoms with Crippen molar-refractivity contribution in [1.82, 2.24) is 14.6 Å². The van der Waals surface area contributed by atoms with Crippen LogP contribution in [-0.2, 0) is 10.0 Å². The van der Waals surface area contributed by atoms with Gasteiger partial charge in [0.2, 0.25) is 16.0 Å². The Morgan fingerprint density at radius 1 is 1.44 bits per heavy atom. The molecule has 0 spiro atoms. The van der Waals surface area contributed by atoms with E-state index in [0.717, 1.165) is 6.26 Å². The summed E-state index contributed by atoms with van der Waals surface area (Å²) in [4.78, 5) is 0. The third-order valence-corrected chi connectivity index (χ3v) is 3.20. The van der Waals surface area contributed by atoms with E-state index >= 15 is 0 Å². The third-order valence-electron chi connectivity index (χ3n) is 1.73. The van der Waals surface area contributed by atoms with Crippen molar-refractivity contribution < 1.29 is 8.42 Å². The van der Waals surface area contributed by atoms with Crippen molar-refractivity contribution in [2.24, 2.45) is 0 Å². The minimum atomic E-state index is -3.42. The van der Waals surface area contributed by atoms with E-state index in [0.29, 0.717) is 15.3 Å². The van der Waals surface area contributed by atoms with Crippen molar-refractivity contribution in [2.45, 2.75) is 0 Å². The van der Waals surface area contributed by atoms with Gasteiger partial charge in [0.05, 0.1) is 10.7 Å². The normalized spacial score (nSPS) is 11.9. The van der Waals surface area contributed by atoms with Gasteiger partial charge in [0.25, 0.3) is 0 Å². The van der Waals surface area contributed by atoms with Gasteiger partial charge in [0, 0.05) is 0 Å². The van der Waals surface area contributed by atoms with Gasteiger partial charge in [-0.05, 0) is 28.1 Å². The lowest BCUT2D eigenvalue weighted by molar-refractivity contribution is 0.606. The van der Waals surface area contributed by atoms with E-state index in [4.69, 9.17) is 11.6 Å². The lowest BCUT2D eigenvalue weighted by atomic mass is 10.5. The predicted octanol–water partition coefficient (Wildman–Crippen LogP) is 1.52. The quantitative estimate of drug-likeness (QED) is 0.849. The highest BCUT2D eigenvalue weighted by Gasteiger charge is 2.13. The van der Waals surface area contributed by atoms with Crippen molar-refractivity contribution in [3.63, 3.8) is 0 Å². The first-order valence-corrected chi connectivity index (χ1v) is 7.11. The summed E-state index contributed by atoms with van der Waals surface area (Å²) in [5.41, 5.74) is 0.443. The smallest absolute Gasteiger partial charge is 0.243 e. The Hall–Kier alpha value is -0.860. The van der Waals surface area contributed by atoms with Gasteiger partial charge in [-0.25, -0.2) is 12.8 Å². The molecule has 0 atom stereocenters. The average Bonchev–Trinajstić information content (AvgIpc) is 2.54. The Morgan fingerprint density at radius 2 is 2.12 bits per heavy atom. The molecule has 9 heteroatoms. The summed E-state index contributed by atoms with van der Waals surface area (Å²) in [5, 5.41) is 7.84. The topological polar surface area (TPSA) is 76.4 Å². The Labute approximate surface area is 105 Å². The van der Waals surface area contributed by atoms with E-state index in [1.807, 2.05) is 0 Å². The van der Waals surface area contributed by atoms with Gasteiger partial charge < -0.3 is 0 Å². The molecule has 0 aliphatic heterocycles. The number of pyridine rings is 1. The number of nitrogens with zero attached hydrogens (tertiary/aromatic N) is 3. The number of aromatic nitrogens is 3. The summed E-state index contributed by atoms with van der Waals surface area (Å²) in [5.74, 6) is 0.0591. The fourth-order valence-corrected chi connectivity index (χ4v) is 2.24. The largest absolute Gasteiger partial charge is 0.251 e. The number of halogens is 2. The molecule has 0 aliphatic rings. The minimum absolute atomic E-state index is 0.0591. The molecular formula is C7H6BrClN4O2S. The van der Waals surface area contributed by atoms with Gasteiger partial charge >= 0.3 is 0 Å². The number of hydrogen-bond acceptors (Lipinski definition) is 4. The van der Waals surface area contributed by atoms with Gasteiger partial charge in [-0.3, -0.25) is 4.72 Å². The summed E-state index contributed by atoms with van der Waals surface area (Å²) >= 11 is 9.20. The minimum Gasteiger partial charge on any atom is -0.251 e. The van der Waals surface area contributed by atoms with Gasteiger partial charge in [0.15, 0.2) is 5.65 Å². The monoisotopic (exact) mass is 324 g/mol. The van der Waals surface area contributed by atoms with Crippen LogP contribution in [0.25, 0.3) is 5.65 Å². The van der Waals surface area contributed by atoms with E-state index in [1.165, 1.54) is 4.40 Å². The number of rotatable bonds is 2. The van der Waals surface area contributed by atoms with Crippen LogP contribution < -0.4 is 4.72 Å². The van der Waals surface area contributed by atoms with Crippen LogP contribution in [0.3, 0.4) is 0 Å². The summed E-state index contributed by atoms with van der Waals surface area (Å²) in [6, 6.07) is 3.31. The van der Waals surface area contributed by atoms with E-state index in [-0.39, 0.29) is 5.95 Å². The highest BCUT2D eigenvalue weighted by molar-refractivity contribution is 9.10. The van der Waals surface area contributed by atoms with Crippen LogP contribution in [0.4, 0.5) is 5.95 Å². The maximum atomic E-state index is 11.1. The van der Waals surface area contributed by atoms with Gasteiger partial charge in [-0.15, -0.1) is 10.2 Å². The Kier molecular flexibility index (Phi) is 2.81. The molecule has 0 saturated carbocycles. The van der Waals surface area contributed by atoms with E-state index < -0.39 is 10.0 Å². The maximum Gasteiger partial charge on any atom is 0.243 e. The second-order valence-electron chi connectivity index (χ2n) is 3.06. The summed E-state index contributed by atoms with van der Waals surface area (Å²) in [7, 11) is -3.42. The molecule has 2 aromatic heterocycles. The first-order chi connectivity index (χ1) is 7.38. The van der Waals surface area contributed by atoms with Crippen molar-refractivity contribution in [2.75, 3.05) is 11.0 Å². The number of anilines is 1. The van der Waals surface area contributed by atoms with Crippen LogP contribution in [-0.4, -0.2) is 29.3 Å². The zero-order valence-electron chi connectivity index (χ0n) is 7.98. The van der Waals surface area contributed by atoms with E-state index in [2.05, 4.69) is 30.8 Å². The summed E-state index contributed by atoms with van der Waals surface area (Å²) in [6.07, 6.45) is 1.03. The Morgan fingerprint density at radius 3 is 2.75 bits per heavy atom. The molecule has 0 unspecified atom stereocenters. The van der Waals surface area contributed by atoms with Gasteiger partial charge in [0.1, 0.15) is 5.15 Å². The summed E-state index contributed by atoms with van der Waals surface area (Å²) in [6.45, 7) is 0. The zero-order chi connectivity index (χ0) is 11.9.